The maximum absolute atomic E-state index is 10.1. The van der Waals surface area contributed by atoms with Crippen LogP contribution in [0.25, 0.3) is 5.52 Å². The average Bonchev–Trinajstić information content (AvgIpc) is 2.95. The Balaban J connectivity index is 1.72. The molecule has 132 valence electrons. The fraction of sp³-hybridized carbons (Fsp3) is 0.611. The third kappa shape index (κ3) is 2.66. The van der Waals surface area contributed by atoms with Gasteiger partial charge in [0.25, 0.3) is 0 Å². The predicted octanol–water partition coefficient (Wildman–Crippen LogP) is 1.99. The molecule has 0 aromatic carbocycles. The molecular weight excluding hydrogens is 318 g/mol. The molecule has 1 saturated heterocycles. The number of hydrogen-bond acceptors (Lipinski definition) is 6. The molecule has 2 fully saturated rings. The summed E-state index contributed by atoms with van der Waals surface area (Å²) in [6.07, 6.45) is 6.36. The molecular formula is C18H23N5O2. The van der Waals surface area contributed by atoms with Crippen LogP contribution in [0.2, 0.25) is 0 Å². The van der Waals surface area contributed by atoms with Crippen LogP contribution in [0, 0.1) is 11.3 Å². The van der Waals surface area contributed by atoms with Gasteiger partial charge in [0.05, 0.1) is 36.2 Å². The molecule has 0 unspecified atom stereocenters. The summed E-state index contributed by atoms with van der Waals surface area (Å²) in [5, 5.41) is 27.4. The highest BCUT2D eigenvalue weighted by Crippen LogP contribution is 2.47. The van der Waals surface area contributed by atoms with Gasteiger partial charge >= 0.3 is 0 Å². The summed E-state index contributed by atoms with van der Waals surface area (Å²) in [5.74, 6) is 0.477. The summed E-state index contributed by atoms with van der Waals surface area (Å²) >= 11 is 0. The SMILES string of the molecule is CCC1(c2cc(C#N)c3cnc(N[C@@H]4CCOC[C@H]4O)nn23)CCC1. The van der Waals surface area contributed by atoms with Crippen LogP contribution < -0.4 is 5.32 Å². The fourth-order valence-electron chi connectivity index (χ4n) is 3.98. The highest BCUT2D eigenvalue weighted by Gasteiger charge is 2.40. The smallest absolute Gasteiger partial charge is 0.241 e. The highest BCUT2D eigenvalue weighted by atomic mass is 16.5. The maximum atomic E-state index is 10.1. The molecule has 0 amide bonds. The summed E-state index contributed by atoms with van der Waals surface area (Å²) < 4.78 is 7.14. The third-order valence-electron chi connectivity index (χ3n) is 5.81. The van der Waals surface area contributed by atoms with Gasteiger partial charge in [-0.3, -0.25) is 0 Å². The van der Waals surface area contributed by atoms with E-state index in [0.29, 0.717) is 31.1 Å². The maximum Gasteiger partial charge on any atom is 0.241 e. The highest BCUT2D eigenvalue weighted by molar-refractivity contribution is 5.63. The molecule has 0 radical (unpaired) electrons. The van der Waals surface area contributed by atoms with E-state index >= 15 is 0 Å². The first kappa shape index (κ1) is 16.3. The Hall–Kier alpha value is -2.17. The number of aliphatic hydroxyl groups is 1. The second-order valence-corrected chi connectivity index (χ2v) is 7.10. The van der Waals surface area contributed by atoms with E-state index < -0.39 is 6.10 Å². The Kier molecular flexibility index (Phi) is 4.10. The lowest BCUT2D eigenvalue weighted by Gasteiger charge is -2.40. The van der Waals surface area contributed by atoms with Crippen molar-refractivity contribution in [2.45, 2.75) is 56.6 Å². The predicted molar refractivity (Wildman–Crippen MR) is 92.4 cm³/mol. The fourth-order valence-corrected chi connectivity index (χ4v) is 3.98. The first-order valence-electron chi connectivity index (χ1n) is 8.98. The van der Waals surface area contributed by atoms with E-state index in [9.17, 15) is 10.4 Å². The molecule has 2 aliphatic rings. The van der Waals surface area contributed by atoms with Crippen LogP contribution in [0.3, 0.4) is 0 Å². The summed E-state index contributed by atoms with van der Waals surface area (Å²) in [6, 6.07) is 4.12. The van der Waals surface area contributed by atoms with Gasteiger partial charge in [-0.05, 0) is 31.7 Å². The van der Waals surface area contributed by atoms with Gasteiger partial charge in [-0.1, -0.05) is 13.3 Å². The number of nitrogens with one attached hydrogen (secondary N) is 1. The topological polar surface area (TPSA) is 95.5 Å². The zero-order valence-electron chi connectivity index (χ0n) is 14.4. The van der Waals surface area contributed by atoms with Crippen molar-refractivity contribution in [3.63, 3.8) is 0 Å². The minimum absolute atomic E-state index is 0.113. The average molecular weight is 341 g/mol. The second kappa shape index (κ2) is 6.28. The number of anilines is 1. The van der Waals surface area contributed by atoms with E-state index in [-0.39, 0.29) is 11.5 Å². The summed E-state index contributed by atoms with van der Waals surface area (Å²) in [5.41, 5.74) is 2.58. The third-order valence-corrected chi connectivity index (χ3v) is 5.81. The minimum atomic E-state index is -0.569. The molecule has 7 nitrogen and oxygen atoms in total. The zero-order chi connectivity index (χ0) is 17.4. The molecule has 2 aromatic heterocycles. The van der Waals surface area contributed by atoms with Gasteiger partial charge in [0.2, 0.25) is 5.95 Å². The van der Waals surface area contributed by atoms with Gasteiger partial charge in [-0.25, -0.2) is 9.50 Å². The van der Waals surface area contributed by atoms with E-state index in [2.05, 4.69) is 28.4 Å². The molecule has 25 heavy (non-hydrogen) atoms. The number of nitriles is 1. The lowest BCUT2D eigenvalue weighted by Crippen LogP contribution is -2.42. The van der Waals surface area contributed by atoms with Gasteiger partial charge in [-0.2, -0.15) is 5.26 Å². The van der Waals surface area contributed by atoms with E-state index in [0.717, 1.165) is 30.5 Å². The molecule has 0 bridgehead atoms. The Bertz CT molecular complexity index is 815. The van der Waals surface area contributed by atoms with Crippen molar-refractivity contribution in [3.8, 4) is 6.07 Å². The van der Waals surface area contributed by atoms with Crippen molar-refractivity contribution in [2.24, 2.45) is 0 Å². The van der Waals surface area contributed by atoms with Crippen LogP contribution in [-0.2, 0) is 10.2 Å². The zero-order valence-corrected chi connectivity index (χ0v) is 14.4. The van der Waals surface area contributed by atoms with Crippen molar-refractivity contribution in [1.82, 2.24) is 14.6 Å². The van der Waals surface area contributed by atoms with Crippen molar-refractivity contribution >= 4 is 11.5 Å². The van der Waals surface area contributed by atoms with E-state index in [1.54, 1.807) is 6.20 Å². The van der Waals surface area contributed by atoms with Crippen molar-refractivity contribution in [2.75, 3.05) is 18.5 Å². The van der Waals surface area contributed by atoms with Crippen molar-refractivity contribution < 1.29 is 9.84 Å². The van der Waals surface area contributed by atoms with Crippen molar-refractivity contribution in [1.29, 1.82) is 5.26 Å². The Morgan fingerprint density at radius 2 is 2.36 bits per heavy atom. The number of aliphatic hydroxyl groups excluding tert-OH is 1. The van der Waals surface area contributed by atoms with Gasteiger partial charge in [-0.15, -0.1) is 5.10 Å². The summed E-state index contributed by atoms with van der Waals surface area (Å²) in [6.45, 7) is 3.14. The van der Waals surface area contributed by atoms with Gasteiger partial charge in [0, 0.05) is 12.0 Å². The van der Waals surface area contributed by atoms with Crippen molar-refractivity contribution in [3.05, 3.63) is 23.5 Å². The lowest BCUT2D eigenvalue weighted by atomic mass is 9.65. The number of hydrogen-bond donors (Lipinski definition) is 2. The Labute approximate surface area is 146 Å². The van der Waals surface area contributed by atoms with Crippen LogP contribution in [0.1, 0.15) is 50.3 Å². The molecule has 1 saturated carbocycles. The molecule has 7 heteroatoms. The largest absolute Gasteiger partial charge is 0.389 e. The standard InChI is InChI=1S/C18H23N5O2/c1-2-18(5-3-6-18)16-8-12(9-19)14-10-20-17(22-23(14)16)21-13-4-7-25-11-15(13)24/h8,10,13,15,24H,2-7,11H2,1H3,(H,21,22)/t13-,15-/m1/s1. The van der Waals surface area contributed by atoms with Crippen LogP contribution in [0.4, 0.5) is 5.95 Å². The molecule has 1 aliphatic carbocycles. The Morgan fingerprint density at radius 3 is 3.00 bits per heavy atom. The van der Waals surface area contributed by atoms with E-state index in [1.807, 2.05) is 10.6 Å². The van der Waals surface area contributed by atoms with Crippen LogP contribution >= 0.6 is 0 Å². The van der Waals surface area contributed by atoms with E-state index in [1.165, 1.54) is 6.42 Å². The molecule has 0 spiro atoms. The molecule has 4 rings (SSSR count). The first-order chi connectivity index (χ1) is 12.2. The van der Waals surface area contributed by atoms with Gasteiger partial charge in [0.1, 0.15) is 11.6 Å². The van der Waals surface area contributed by atoms with Gasteiger partial charge < -0.3 is 15.2 Å². The monoisotopic (exact) mass is 341 g/mol. The summed E-state index contributed by atoms with van der Waals surface area (Å²) in [4.78, 5) is 4.36. The quantitative estimate of drug-likeness (QED) is 0.883. The molecule has 2 N–H and O–H groups in total. The normalized spacial score (nSPS) is 25.3. The van der Waals surface area contributed by atoms with Crippen LogP contribution in [0.5, 0.6) is 0 Å². The first-order valence-corrected chi connectivity index (χ1v) is 8.98. The number of aromatic nitrogens is 3. The second-order valence-electron chi connectivity index (χ2n) is 7.10. The Morgan fingerprint density at radius 1 is 1.52 bits per heavy atom. The number of fused-ring (bicyclic) bond motifs is 1. The number of rotatable bonds is 4. The molecule has 1 aliphatic heterocycles. The molecule has 3 heterocycles. The summed E-state index contributed by atoms with van der Waals surface area (Å²) in [7, 11) is 0. The molecule has 2 aromatic rings. The number of ether oxygens (including phenoxy) is 1. The van der Waals surface area contributed by atoms with Gasteiger partial charge in [0.15, 0.2) is 0 Å². The lowest BCUT2D eigenvalue weighted by molar-refractivity contribution is -0.0136. The molecule has 2 atom stereocenters. The number of nitrogens with zero attached hydrogens (tertiary/aromatic N) is 4. The van der Waals surface area contributed by atoms with Crippen LogP contribution in [-0.4, -0.2) is 45.1 Å². The van der Waals surface area contributed by atoms with Crippen LogP contribution in [0.15, 0.2) is 12.3 Å². The minimum Gasteiger partial charge on any atom is -0.389 e. The van der Waals surface area contributed by atoms with E-state index in [4.69, 9.17) is 4.74 Å².